The molecule has 0 saturated carbocycles. The van der Waals surface area contributed by atoms with Crippen molar-refractivity contribution in [2.75, 3.05) is 46.1 Å². The van der Waals surface area contributed by atoms with Crippen LogP contribution in [0.5, 0.6) is 11.5 Å². The average Bonchev–Trinajstić information content (AvgIpc) is 3.04. The Morgan fingerprint density at radius 2 is 1.84 bits per heavy atom. The molecule has 0 spiro atoms. The zero-order chi connectivity index (χ0) is 21.5. The predicted molar refractivity (Wildman–Crippen MR) is 115 cm³/mol. The zero-order valence-electron chi connectivity index (χ0n) is 17.6. The molecule has 6 nitrogen and oxygen atoms in total. The number of amides is 1. The molecule has 166 valence electrons. The number of nitrogens with one attached hydrogen (secondary N) is 1. The van der Waals surface area contributed by atoms with Crippen LogP contribution in [0.2, 0.25) is 0 Å². The normalized spacial score (nSPS) is 17.6. The van der Waals surface area contributed by atoms with Gasteiger partial charge >= 0.3 is 0 Å². The molecule has 2 aliphatic heterocycles. The molecule has 2 aromatic rings. The van der Waals surface area contributed by atoms with Crippen LogP contribution in [0.15, 0.2) is 42.5 Å². The molecule has 4 rings (SSSR count). The van der Waals surface area contributed by atoms with Gasteiger partial charge in [-0.25, -0.2) is 4.39 Å². The Morgan fingerprint density at radius 3 is 2.65 bits per heavy atom. The molecule has 1 unspecified atom stereocenters. The Balaban J connectivity index is 1.34. The van der Waals surface area contributed by atoms with Crippen molar-refractivity contribution in [2.24, 2.45) is 0 Å². The second-order valence-electron chi connectivity index (χ2n) is 7.85. The number of morpholine rings is 1. The Morgan fingerprint density at radius 1 is 1.03 bits per heavy atom. The molecular weight excluding hydrogens is 399 g/mol. The lowest BCUT2D eigenvalue weighted by Gasteiger charge is -2.35. The molecule has 1 saturated heterocycles. The first-order valence-corrected chi connectivity index (χ1v) is 10.9. The van der Waals surface area contributed by atoms with E-state index in [0.29, 0.717) is 45.8 Å². The molecule has 1 atom stereocenters. The standard InChI is InChI=1S/C24H29FN2O4/c25-20-4-1-3-19(16-20)21(27-9-13-29-14-10-27)17-26-24(28)8-6-18-5-7-22-23(15-18)31-12-2-11-30-22/h1,3-5,7,15-16,21H,2,6,8-14,17H2,(H,26,28). The van der Waals surface area contributed by atoms with E-state index in [1.54, 1.807) is 12.1 Å². The van der Waals surface area contributed by atoms with Gasteiger partial charge in [0.15, 0.2) is 11.5 Å². The van der Waals surface area contributed by atoms with E-state index < -0.39 is 0 Å². The molecule has 1 fully saturated rings. The van der Waals surface area contributed by atoms with E-state index in [1.165, 1.54) is 6.07 Å². The van der Waals surface area contributed by atoms with Crippen molar-refractivity contribution in [1.29, 1.82) is 0 Å². The highest BCUT2D eigenvalue weighted by molar-refractivity contribution is 5.76. The van der Waals surface area contributed by atoms with Crippen LogP contribution in [0, 0.1) is 5.82 Å². The average molecular weight is 429 g/mol. The van der Waals surface area contributed by atoms with Gasteiger partial charge in [-0.3, -0.25) is 9.69 Å². The molecule has 1 N–H and O–H groups in total. The minimum absolute atomic E-state index is 0.0261. The van der Waals surface area contributed by atoms with E-state index in [-0.39, 0.29) is 17.8 Å². The summed E-state index contributed by atoms with van der Waals surface area (Å²) in [4.78, 5) is 14.8. The quantitative estimate of drug-likeness (QED) is 0.734. The topological polar surface area (TPSA) is 60.0 Å². The summed E-state index contributed by atoms with van der Waals surface area (Å²) >= 11 is 0. The van der Waals surface area contributed by atoms with Gasteiger partial charge in [0.25, 0.3) is 0 Å². The fraction of sp³-hybridized carbons (Fsp3) is 0.458. The maximum absolute atomic E-state index is 13.8. The first kappa shape index (κ1) is 21.6. The smallest absolute Gasteiger partial charge is 0.220 e. The van der Waals surface area contributed by atoms with Gasteiger partial charge in [-0.05, 0) is 41.8 Å². The number of ether oxygens (including phenoxy) is 3. The SMILES string of the molecule is O=C(CCc1ccc2c(c1)OCCCO2)NCC(c1cccc(F)c1)N1CCOCC1. The lowest BCUT2D eigenvalue weighted by atomic mass is 10.0. The number of carbonyl (C=O) groups excluding carboxylic acids is 1. The van der Waals surface area contributed by atoms with Crippen LogP contribution in [0.1, 0.15) is 30.0 Å². The van der Waals surface area contributed by atoms with Gasteiger partial charge in [0, 0.05) is 32.5 Å². The number of aryl methyl sites for hydroxylation is 1. The second kappa shape index (κ2) is 10.6. The fourth-order valence-electron chi connectivity index (χ4n) is 3.98. The summed E-state index contributed by atoms with van der Waals surface area (Å²) in [7, 11) is 0. The fourth-order valence-corrected chi connectivity index (χ4v) is 3.98. The molecule has 0 aliphatic carbocycles. The summed E-state index contributed by atoms with van der Waals surface area (Å²) in [6, 6.07) is 12.4. The summed E-state index contributed by atoms with van der Waals surface area (Å²) in [6.07, 6.45) is 1.85. The van der Waals surface area contributed by atoms with E-state index in [2.05, 4.69) is 10.2 Å². The molecular formula is C24H29FN2O4. The Kier molecular flexibility index (Phi) is 7.38. The third-order valence-electron chi connectivity index (χ3n) is 5.67. The molecule has 1 amide bonds. The Bertz CT molecular complexity index is 886. The summed E-state index contributed by atoms with van der Waals surface area (Å²) < 4.78 is 30.6. The summed E-state index contributed by atoms with van der Waals surface area (Å²) in [5.41, 5.74) is 1.90. The van der Waals surface area contributed by atoms with E-state index >= 15 is 0 Å². The van der Waals surface area contributed by atoms with E-state index in [4.69, 9.17) is 14.2 Å². The van der Waals surface area contributed by atoms with Crippen LogP contribution in [0.4, 0.5) is 4.39 Å². The third-order valence-corrected chi connectivity index (χ3v) is 5.67. The number of nitrogens with zero attached hydrogens (tertiary/aromatic N) is 1. The lowest BCUT2D eigenvalue weighted by Crippen LogP contribution is -2.43. The Hall–Kier alpha value is -2.64. The highest BCUT2D eigenvalue weighted by Gasteiger charge is 2.23. The first-order chi connectivity index (χ1) is 15.2. The number of hydrogen-bond acceptors (Lipinski definition) is 5. The zero-order valence-corrected chi connectivity index (χ0v) is 17.6. The van der Waals surface area contributed by atoms with Crippen LogP contribution in [0.3, 0.4) is 0 Å². The van der Waals surface area contributed by atoms with Gasteiger partial charge in [0.05, 0.1) is 32.5 Å². The first-order valence-electron chi connectivity index (χ1n) is 10.9. The van der Waals surface area contributed by atoms with Crippen molar-refractivity contribution in [3.63, 3.8) is 0 Å². The molecule has 0 radical (unpaired) electrons. The lowest BCUT2D eigenvalue weighted by molar-refractivity contribution is -0.121. The van der Waals surface area contributed by atoms with Gasteiger partial charge in [-0.15, -0.1) is 0 Å². The van der Waals surface area contributed by atoms with Gasteiger partial charge < -0.3 is 19.5 Å². The second-order valence-corrected chi connectivity index (χ2v) is 7.85. The number of fused-ring (bicyclic) bond motifs is 1. The van der Waals surface area contributed by atoms with Crippen LogP contribution >= 0.6 is 0 Å². The van der Waals surface area contributed by atoms with Crippen molar-refractivity contribution in [1.82, 2.24) is 10.2 Å². The summed E-state index contributed by atoms with van der Waals surface area (Å²) in [5, 5.41) is 3.04. The van der Waals surface area contributed by atoms with Crippen molar-refractivity contribution in [3.05, 3.63) is 59.4 Å². The maximum Gasteiger partial charge on any atom is 0.220 e. The highest BCUT2D eigenvalue weighted by Crippen LogP contribution is 2.30. The van der Waals surface area contributed by atoms with Gasteiger partial charge in [-0.1, -0.05) is 18.2 Å². The van der Waals surface area contributed by atoms with E-state index in [1.807, 2.05) is 24.3 Å². The van der Waals surface area contributed by atoms with Gasteiger partial charge in [-0.2, -0.15) is 0 Å². The molecule has 2 aromatic carbocycles. The maximum atomic E-state index is 13.8. The molecule has 31 heavy (non-hydrogen) atoms. The van der Waals surface area contributed by atoms with Crippen molar-refractivity contribution in [3.8, 4) is 11.5 Å². The molecule has 2 aliphatic rings. The van der Waals surface area contributed by atoms with Gasteiger partial charge in [0.1, 0.15) is 5.82 Å². The highest BCUT2D eigenvalue weighted by atomic mass is 19.1. The number of hydrogen-bond donors (Lipinski definition) is 1. The molecule has 0 aromatic heterocycles. The molecule has 0 bridgehead atoms. The van der Waals surface area contributed by atoms with Crippen LogP contribution in [-0.4, -0.2) is 56.9 Å². The number of carbonyl (C=O) groups is 1. The third kappa shape index (κ3) is 5.95. The summed E-state index contributed by atoms with van der Waals surface area (Å²) in [5.74, 6) is 1.21. The van der Waals surface area contributed by atoms with Crippen molar-refractivity contribution in [2.45, 2.75) is 25.3 Å². The largest absolute Gasteiger partial charge is 0.490 e. The number of benzene rings is 2. The molecule has 2 heterocycles. The van der Waals surface area contributed by atoms with Crippen molar-refractivity contribution >= 4 is 5.91 Å². The van der Waals surface area contributed by atoms with Gasteiger partial charge in [0.2, 0.25) is 5.91 Å². The summed E-state index contributed by atoms with van der Waals surface area (Å²) in [6.45, 7) is 4.53. The Labute approximate surface area is 182 Å². The van der Waals surface area contributed by atoms with Crippen molar-refractivity contribution < 1.29 is 23.4 Å². The predicted octanol–water partition coefficient (Wildman–Crippen LogP) is 3.11. The number of rotatable bonds is 7. The van der Waals surface area contributed by atoms with Crippen LogP contribution in [0.25, 0.3) is 0 Å². The molecule has 7 heteroatoms. The van der Waals surface area contributed by atoms with Crippen LogP contribution < -0.4 is 14.8 Å². The monoisotopic (exact) mass is 428 g/mol. The van der Waals surface area contributed by atoms with E-state index in [9.17, 15) is 9.18 Å². The number of halogens is 1. The minimum atomic E-state index is -0.267. The van der Waals surface area contributed by atoms with E-state index in [0.717, 1.165) is 42.1 Å². The van der Waals surface area contributed by atoms with Crippen LogP contribution in [-0.2, 0) is 16.0 Å². The minimum Gasteiger partial charge on any atom is -0.490 e.